The van der Waals surface area contributed by atoms with Gasteiger partial charge in [-0.15, -0.1) is 0 Å². The lowest BCUT2D eigenvalue weighted by molar-refractivity contribution is 0.167. The van der Waals surface area contributed by atoms with E-state index in [-0.39, 0.29) is 6.61 Å². The molecule has 1 aliphatic heterocycles. The number of carbonyl (C=O) groups is 1. The van der Waals surface area contributed by atoms with Crippen LogP contribution in [0.5, 0.6) is 0 Å². The first-order chi connectivity index (χ1) is 10.2. The highest BCUT2D eigenvalue weighted by Crippen LogP contribution is 2.29. The molecule has 2 heterocycles. The number of ether oxygens (including phenoxy) is 1. The van der Waals surface area contributed by atoms with Gasteiger partial charge in [-0.1, -0.05) is 6.07 Å². The van der Waals surface area contributed by atoms with Crippen molar-refractivity contribution in [1.82, 2.24) is 4.98 Å². The normalized spacial score (nSPS) is 14.2. The fraction of sp³-hybridized carbons (Fsp3) is 0.133. The number of rotatable bonds is 2. The molecule has 0 N–H and O–H groups in total. The average molecular weight is 285 g/mol. The zero-order valence-corrected chi connectivity index (χ0v) is 11.3. The standard InChI is InChI=1S/C15H12FN3O2/c1-10-12(3-2-6-17-10)13-5-4-11(9-14(13)16)19-15(20)21-8-7-18-19/h2-7,9H,8H2,1H3. The predicted molar refractivity (Wildman–Crippen MR) is 76.7 cm³/mol. The van der Waals surface area contributed by atoms with Crippen molar-refractivity contribution in [2.45, 2.75) is 6.92 Å². The highest BCUT2D eigenvalue weighted by molar-refractivity contribution is 5.91. The maximum atomic E-state index is 14.3. The Morgan fingerprint density at radius 3 is 2.86 bits per heavy atom. The molecule has 6 heteroatoms. The van der Waals surface area contributed by atoms with Crippen LogP contribution in [-0.2, 0) is 4.74 Å². The molecule has 0 unspecified atom stereocenters. The number of anilines is 1. The Hall–Kier alpha value is -2.76. The number of pyridine rings is 1. The second-order valence-electron chi connectivity index (χ2n) is 4.49. The van der Waals surface area contributed by atoms with Gasteiger partial charge >= 0.3 is 6.09 Å². The monoisotopic (exact) mass is 285 g/mol. The Morgan fingerprint density at radius 2 is 2.14 bits per heavy atom. The number of amides is 1. The number of benzene rings is 1. The SMILES string of the molecule is Cc1ncccc1-c1ccc(N2N=CCOC2=O)cc1F. The highest BCUT2D eigenvalue weighted by atomic mass is 19.1. The molecule has 106 valence electrons. The van der Waals surface area contributed by atoms with Crippen LogP contribution in [0.4, 0.5) is 14.9 Å². The molecule has 0 spiro atoms. The van der Waals surface area contributed by atoms with E-state index in [0.717, 1.165) is 10.7 Å². The number of cyclic esters (lactones) is 1. The van der Waals surface area contributed by atoms with E-state index in [1.165, 1.54) is 12.3 Å². The van der Waals surface area contributed by atoms with Crippen LogP contribution in [0, 0.1) is 12.7 Å². The van der Waals surface area contributed by atoms with Gasteiger partial charge < -0.3 is 4.74 Å². The molecule has 1 aliphatic rings. The van der Waals surface area contributed by atoms with Gasteiger partial charge in [0, 0.05) is 29.1 Å². The minimum Gasteiger partial charge on any atom is -0.442 e. The summed E-state index contributed by atoms with van der Waals surface area (Å²) in [5.74, 6) is -0.447. The van der Waals surface area contributed by atoms with Crippen molar-refractivity contribution in [2.75, 3.05) is 11.6 Å². The molecule has 2 aromatic rings. The maximum Gasteiger partial charge on any atom is 0.435 e. The van der Waals surface area contributed by atoms with Crippen LogP contribution in [0.2, 0.25) is 0 Å². The summed E-state index contributed by atoms with van der Waals surface area (Å²) < 4.78 is 19.2. The summed E-state index contributed by atoms with van der Waals surface area (Å²) in [7, 11) is 0. The molecule has 1 aromatic carbocycles. The van der Waals surface area contributed by atoms with Gasteiger partial charge in [0.1, 0.15) is 12.4 Å². The zero-order chi connectivity index (χ0) is 14.8. The van der Waals surface area contributed by atoms with Crippen LogP contribution in [0.25, 0.3) is 11.1 Å². The topological polar surface area (TPSA) is 54.8 Å². The van der Waals surface area contributed by atoms with Crippen molar-refractivity contribution in [2.24, 2.45) is 5.10 Å². The predicted octanol–water partition coefficient (Wildman–Crippen LogP) is 3.14. The molecule has 21 heavy (non-hydrogen) atoms. The second-order valence-corrected chi connectivity index (χ2v) is 4.49. The Balaban J connectivity index is 2.01. The fourth-order valence-corrected chi connectivity index (χ4v) is 2.13. The summed E-state index contributed by atoms with van der Waals surface area (Å²) in [5.41, 5.74) is 2.20. The third kappa shape index (κ3) is 2.47. The summed E-state index contributed by atoms with van der Waals surface area (Å²) >= 11 is 0. The number of hydrazone groups is 1. The van der Waals surface area contributed by atoms with Crippen LogP contribution < -0.4 is 5.01 Å². The third-order valence-corrected chi connectivity index (χ3v) is 3.15. The van der Waals surface area contributed by atoms with Crippen molar-refractivity contribution in [3.63, 3.8) is 0 Å². The van der Waals surface area contributed by atoms with Crippen LogP contribution in [0.3, 0.4) is 0 Å². The van der Waals surface area contributed by atoms with Gasteiger partial charge in [-0.05, 0) is 25.1 Å². The summed E-state index contributed by atoms with van der Waals surface area (Å²) in [4.78, 5) is 15.7. The zero-order valence-electron chi connectivity index (χ0n) is 11.3. The summed E-state index contributed by atoms with van der Waals surface area (Å²) in [6.07, 6.45) is 2.48. The summed E-state index contributed by atoms with van der Waals surface area (Å²) in [6, 6.07) is 8.03. The Bertz CT molecular complexity index is 731. The quantitative estimate of drug-likeness (QED) is 0.851. The lowest BCUT2D eigenvalue weighted by Crippen LogP contribution is -2.31. The maximum absolute atomic E-state index is 14.3. The third-order valence-electron chi connectivity index (χ3n) is 3.15. The minimum atomic E-state index is -0.623. The molecule has 0 aliphatic carbocycles. The molecule has 5 nitrogen and oxygen atoms in total. The first-order valence-corrected chi connectivity index (χ1v) is 6.37. The van der Waals surface area contributed by atoms with Gasteiger partial charge in [0.2, 0.25) is 0 Å². The van der Waals surface area contributed by atoms with Crippen LogP contribution in [0.1, 0.15) is 5.69 Å². The molecule has 1 amide bonds. The number of aromatic nitrogens is 1. The number of carbonyl (C=O) groups excluding carboxylic acids is 1. The van der Waals surface area contributed by atoms with E-state index < -0.39 is 11.9 Å². The van der Waals surface area contributed by atoms with Crippen LogP contribution in [-0.4, -0.2) is 23.9 Å². The number of hydrogen-bond donors (Lipinski definition) is 0. The Labute approximate surface area is 120 Å². The number of aryl methyl sites for hydroxylation is 1. The first-order valence-electron chi connectivity index (χ1n) is 6.37. The second kappa shape index (κ2) is 5.32. The van der Waals surface area contributed by atoms with Gasteiger partial charge in [-0.2, -0.15) is 10.1 Å². The number of nitrogens with zero attached hydrogens (tertiary/aromatic N) is 3. The number of hydrogen-bond acceptors (Lipinski definition) is 4. The van der Waals surface area contributed by atoms with Gasteiger partial charge in [0.15, 0.2) is 0 Å². The van der Waals surface area contributed by atoms with Crippen molar-refractivity contribution in [3.05, 3.63) is 48.0 Å². The Morgan fingerprint density at radius 1 is 1.29 bits per heavy atom. The van der Waals surface area contributed by atoms with E-state index in [4.69, 9.17) is 4.74 Å². The smallest absolute Gasteiger partial charge is 0.435 e. The average Bonchev–Trinajstić information content (AvgIpc) is 2.49. The van der Waals surface area contributed by atoms with Gasteiger partial charge in [0.25, 0.3) is 0 Å². The van der Waals surface area contributed by atoms with Gasteiger partial charge in [-0.25, -0.2) is 9.18 Å². The van der Waals surface area contributed by atoms with E-state index in [2.05, 4.69) is 10.1 Å². The van der Waals surface area contributed by atoms with Crippen molar-refractivity contribution in [1.29, 1.82) is 0 Å². The molecular formula is C15H12FN3O2. The highest BCUT2D eigenvalue weighted by Gasteiger charge is 2.20. The van der Waals surface area contributed by atoms with Crippen LogP contribution >= 0.6 is 0 Å². The first kappa shape index (κ1) is 13.2. The molecule has 3 rings (SSSR count). The Kier molecular flexibility index (Phi) is 3.35. The van der Waals surface area contributed by atoms with Crippen LogP contribution in [0.15, 0.2) is 41.6 Å². The number of halogens is 1. The summed E-state index contributed by atoms with van der Waals surface area (Å²) in [5, 5.41) is 4.92. The minimum absolute atomic E-state index is 0.130. The van der Waals surface area contributed by atoms with Crippen molar-refractivity contribution >= 4 is 18.0 Å². The van der Waals surface area contributed by atoms with Crippen molar-refractivity contribution in [3.8, 4) is 11.1 Å². The molecular weight excluding hydrogens is 273 g/mol. The van der Waals surface area contributed by atoms with E-state index in [1.807, 2.05) is 6.92 Å². The molecule has 0 saturated heterocycles. The van der Waals surface area contributed by atoms with Gasteiger partial charge in [-0.3, -0.25) is 4.98 Å². The van der Waals surface area contributed by atoms with E-state index >= 15 is 0 Å². The lowest BCUT2D eigenvalue weighted by Gasteiger charge is -2.20. The molecule has 1 aromatic heterocycles. The van der Waals surface area contributed by atoms with Gasteiger partial charge in [0.05, 0.1) is 11.9 Å². The molecule has 0 bridgehead atoms. The summed E-state index contributed by atoms with van der Waals surface area (Å²) in [6.45, 7) is 1.94. The van der Waals surface area contributed by atoms with E-state index in [1.54, 1.807) is 30.5 Å². The molecule has 0 fully saturated rings. The van der Waals surface area contributed by atoms with Crippen molar-refractivity contribution < 1.29 is 13.9 Å². The van der Waals surface area contributed by atoms with E-state index in [9.17, 15) is 9.18 Å². The largest absolute Gasteiger partial charge is 0.442 e. The molecule has 0 saturated carbocycles. The lowest BCUT2D eigenvalue weighted by atomic mass is 10.0. The van der Waals surface area contributed by atoms with E-state index in [0.29, 0.717) is 16.8 Å². The molecule has 0 atom stereocenters. The molecule has 0 radical (unpaired) electrons. The fourth-order valence-electron chi connectivity index (χ4n) is 2.13.